The number of hydrogen-bond acceptors (Lipinski definition) is 11. The standard InChI is InChI=1S/C25H19F3N6.C17H10ClF3N2.C8H10N4.CH4/c26-25(27,28)20-9-5-4-8-19(20)24-33-21(18-6-2-1-3-7-18)14-23(34-24)31-13-12-30-22-11-10-17(15-29)16-32-22;18-15-10-14(11-6-2-1-3-7-11)22-16(23-15)12-8-4-5-9-13(12)17(19,20)21;1-10-7-2-3-8(12-6-7)11-5-4-9;/h1-11,14,16H,12-13H2,(H,30,32)(H,31,33,34);1-10H;2-3,6H,4-5,9H2,(H,11,12);1H4. The summed E-state index contributed by atoms with van der Waals surface area (Å²) in [6.07, 6.45) is -6.02. The van der Waals surface area contributed by atoms with E-state index in [1.165, 1.54) is 54.9 Å². The first kappa shape index (κ1) is 52.5. The molecule has 4 aromatic carbocycles. The molecule has 0 saturated carbocycles. The molecular weight excluding hydrogens is 930 g/mol. The number of nitrogens with two attached hydrogens (primary N) is 1. The molecule has 8 aromatic rings. The van der Waals surface area contributed by atoms with E-state index < -0.39 is 23.5 Å². The Bertz CT molecular complexity index is 3000. The maximum atomic E-state index is 13.6. The fourth-order valence-electron chi connectivity index (χ4n) is 6.26. The lowest BCUT2D eigenvalue weighted by Gasteiger charge is -2.14. The lowest BCUT2D eigenvalue weighted by Crippen LogP contribution is -2.15. The van der Waals surface area contributed by atoms with Crippen LogP contribution < -0.4 is 21.7 Å². The normalized spacial score (nSPS) is 10.7. The Morgan fingerprint density at radius 2 is 1.04 bits per heavy atom. The smallest absolute Gasteiger partial charge is 0.369 e. The molecule has 0 aliphatic rings. The number of anilines is 3. The van der Waals surface area contributed by atoms with E-state index in [-0.39, 0.29) is 35.4 Å². The molecule has 5 N–H and O–H groups in total. The van der Waals surface area contributed by atoms with Crippen molar-refractivity contribution in [1.82, 2.24) is 29.9 Å². The van der Waals surface area contributed by atoms with Gasteiger partial charge in [-0.2, -0.15) is 31.6 Å². The van der Waals surface area contributed by atoms with Crippen LogP contribution in [0.4, 0.5) is 49.5 Å². The second kappa shape index (κ2) is 25.1. The molecule has 4 heterocycles. The van der Waals surface area contributed by atoms with E-state index in [4.69, 9.17) is 29.2 Å². The van der Waals surface area contributed by atoms with Crippen LogP contribution in [0.1, 0.15) is 24.1 Å². The van der Waals surface area contributed by atoms with Crippen molar-refractivity contribution in [3.63, 3.8) is 0 Å². The zero-order valence-electron chi connectivity index (χ0n) is 36.1. The Hall–Kier alpha value is -8.45. The summed E-state index contributed by atoms with van der Waals surface area (Å²) in [4.78, 5) is 28.4. The molecular formula is C51H43ClF6N12. The number of nitrogens with one attached hydrogen (secondary N) is 3. The van der Waals surface area contributed by atoms with Gasteiger partial charge in [0.25, 0.3) is 0 Å². The van der Waals surface area contributed by atoms with Gasteiger partial charge in [0.15, 0.2) is 11.6 Å². The summed E-state index contributed by atoms with van der Waals surface area (Å²) in [5, 5.41) is 18.2. The molecule has 0 saturated heterocycles. The van der Waals surface area contributed by atoms with Gasteiger partial charge in [-0.05, 0) is 30.3 Å². The molecule has 0 bridgehead atoms. The molecule has 8 rings (SSSR count). The zero-order chi connectivity index (χ0) is 49.2. The molecule has 0 atom stereocenters. The first-order chi connectivity index (χ1) is 33.2. The lowest BCUT2D eigenvalue weighted by molar-refractivity contribution is -0.137. The van der Waals surface area contributed by atoms with Gasteiger partial charge in [-0.1, -0.05) is 122 Å². The van der Waals surface area contributed by atoms with Gasteiger partial charge in [0.05, 0.1) is 34.7 Å². The van der Waals surface area contributed by atoms with Crippen LogP contribution in [-0.2, 0) is 12.4 Å². The summed E-state index contributed by atoms with van der Waals surface area (Å²) in [7, 11) is 0. The van der Waals surface area contributed by atoms with E-state index in [1.54, 1.807) is 42.5 Å². The summed E-state index contributed by atoms with van der Waals surface area (Å²) in [5.41, 5.74) is 7.03. The van der Waals surface area contributed by atoms with E-state index in [1.807, 2.05) is 54.6 Å². The predicted octanol–water partition coefficient (Wildman–Crippen LogP) is 12.7. The van der Waals surface area contributed by atoms with Crippen molar-refractivity contribution in [3.8, 4) is 51.4 Å². The fourth-order valence-corrected chi connectivity index (χ4v) is 6.45. The van der Waals surface area contributed by atoms with Crippen LogP contribution in [0.15, 0.2) is 158 Å². The van der Waals surface area contributed by atoms with Crippen molar-refractivity contribution < 1.29 is 26.3 Å². The number of alkyl halides is 6. The summed E-state index contributed by atoms with van der Waals surface area (Å²) in [5.74, 6) is 1.69. The number of hydrogen-bond donors (Lipinski definition) is 4. The van der Waals surface area contributed by atoms with Crippen molar-refractivity contribution in [2.45, 2.75) is 19.8 Å². The van der Waals surface area contributed by atoms with Crippen LogP contribution in [0.5, 0.6) is 0 Å². The molecule has 0 amide bonds. The van der Waals surface area contributed by atoms with E-state index >= 15 is 0 Å². The van der Waals surface area contributed by atoms with Gasteiger partial charge >= 0.3 is 12.4 Å². The monoisotopic (exact) mass is 972 g/mol. The number of nitrogens with zero attached hydrogens (tertiary/aromatic N) is 8. The minimum absolute atomic E-state index is 0. The minimum atomic E-state index is -4.53. The quantitative estimate of drug-likeness (QED) is 0.0398. The van der Waals surface area contributed by atoms with Gasteiger partial charge in [0, 0.05) is 73.0 Å². The van der Waals surface area contributed by atoms with E-state index in [0.717, 1.165) is 29.1 Å². The molecule has 0 aliphatic carbocycles. The second-order valence-corrected chi connectivity index (χ2v) is 14.7. The van der Waals surface area contributed by atoms with Gasteiger partial charge in [-0.3, -0.25) is 4.98 Å². The van der Waals surface area contributed by atoms with Crippen molar-refractivity contribution in [1.29, 1.82) is 5.26 Å². The minimum Gasteiger partial charge on any atom is -0.369 e. The Labute approximate surface area is 405 Å². The highest BCUT2D eigenvalue weighted by atomic mass is 35.5. The number of pyridine rings is 2. The molecule has 12 nitrogen and oxygen atoms in total. The maximum absolute atomic E-state index is 13.6. The summed E-state index contributed by atoms with van der Waals surface area (Å²) < 4.78 is 80.3. The second-order valence-electron chi connectivity index (χ2n) is 14.3. The predicted molar refractivity (Wildman–Crippen MR) is 262 cm³/mol. The Morgan fingerprint density at radius 1 is 0.571 bits per heavy atom. The number of aromatic nitrogens is 6. The van der Waals surface area contributed by atoms with Gasteiger partial charge in [0.2, 0.25) is 5.69 Å². The Morgan fingerprint density at radius 3 is 1.51 bits per heavy atom. The number of rotatable bonds is 12. The third-order valence-corrected chi connectivity index (χ3v) is 9.66. The summed E-state index contributed by atoms with van der Waals surface area (Å²) in [6.45, 7) is 8.87. The molecule has 0 radical (unpaired) electrons. The van der Waals surface area contributed by atoms with Crippen molar-refractivity contribution in [2.24, 2.45) is 5.73 Å². The highest BCUT2D eigenvalue weighted by Gasteiger charge is 2.35. The van der Waals surface area contributed by atoms with E-state index in [2.05, 4.69) is 50.7 Å². The van der Waals surface area contributed by atoms with Gasteiger partial charge in [-0.15, -0.1) is 0 Å². The van der Waals surface area contributed by atoms with Crippen molar-refractivity contribution >= 4 is 34.7 Å². The summed E-state index contributed by atoms with van der Waals surface area (Å²) in [6, 6.07) is 40.8. The SMILES string of the molecule is C.FC(F)(F)c1ccccc1-c1nc(Cl)cc(-c2ccccc2)n1.N#Cc1ccc(NCCNc2cc(-c3ccccc3)nc(-c3ccccc3C(F)(F)F)n2)nc1.[C-]#[N+]c1ccc(NCCN)nc1. The maximum Gasteiger partial charge on any atom is 0.417 e. The van der Waals surface area contributed by atoms with Gasteiger partial charge in [0.1, 0.15) is 28.7 Å². The number of halogens is 7. The van der Waals surface area contributed by atoms with Crippen LogP contribution in [0.3, 0.4) is 0 Å². The molecule has 19 heteroatoms. The first-order valence-corrected chi connectivity index (χ1v) is 21.1. The highest BCUT2D eigenvalue weighted by molar-refractivity contribution is 6.29. The molecule has 356 valence electrons. The molecule has 0 aliphatic heterocycles. The highest BCUT2D eigenvalue weighted by Crippen LogP contribution is 2.38. The van der Waals surface area contributed by atoms with Crippen LogP contribution in [0.2, 0.25) is 5.15 Å². The van der Waals surface area contributed by atoms with Crippen molar-refractivity contribution in [3.05, 3.63) is 191 Å². The zero-order valence-corrected chi connectivity index (χ0v) is 36.9. The topological polar surface area (TPSA) is 168 Å². The third-order valence-electron chi connectivity index (χ3n) is 9.46. The Balaban J connectivity index is 0.000000218. The number of nitriles is 1. The van der Waals surface area contributed by atoms with Crippen LogP contribution in [0.25, 0.3) is 50.1 Å². The largest absolute Gasteiger partial charge is 0.417 e. The van der Waals surface area contributed by atoms with E-state index in [0.29, 0.717) is 60.5 Å². The van der Waals surface area contributed by atoms with Gasteiger partial charge < -0.3 is 21.7 Å². The molecule has 4 aromatic heterocycles. The molecule has 70 heavy (non-hydrogen) atoms. The average molecular weight is 973 g/mol. The molecule has 0 fully saturated rings. The van der Waals surface area contributed by atoms with Crippen LogP contribution >= 0.6 is 11.6 Å². The average Bonchev–Trinajstić information content (AvgIpc) is 3.37. The van der Waals surface area contributed by atoms with Crippen LogP contribution in [0, 0.1) is 17.9 Å². The van der Waals surface area contributed by atoms with Crippen molar-refractivity contribution in [2.75, 3.05) is 42.1 Å². The Kier molecular flexibility index (Phi) is 18.8. The molecule has 0 unspecified atom stereocenters. The van der Waals surface area contributed by atoms with Crippen LogP contribution in [-0.4, -0.2) is 56.1 Å². The lowest BCUT2D eigenvalue weighted by atomic mass is 10.1. The molecule has 0 spiro atoms. The number of benzene rings is 4. The first-order valence-electron chi connectivity index (χ1n) is 20.7. The summed E-state index contributed by atoms with van der Waals surface area (Å²) >= 11 is 5.98. The third kappa shape index (κ3) is 15.0. The van der Waals surface area contributed by atoms with Gasteiger partial charge in [-0.25, -0.2) is 29.8 Å². The fraction of sp³-hybridized carbons (Fsp3) is 0.137. The van der Waals surface area contributed by atoms with E-state index in [9.17, 15) is 26.3 Å².